The zero-order chi connectivity index (χ0) is 14.8. The van der Waals surface area contributed by atoms with E-state index in [0.717, 1.165) is 27.1 Å². The number of methoxy groups -OCH3 is 1. The molecule has 0 aliphatic carbocycles. The van der Waals surface area contributed by atoms with Gasteiger partial charge < -0.3 is 10.5 Å². The fourth-order valence-corrected chi connectivity index (χ4v) is 2.81. The predicted octanol–water partition coefficient (Wildman–Crippen LogP) is 3.56. The topological polar surface area (TPSA) is 52.3 Å². The van der Waals surface area contributed by atoms with Gasteiger partial charge in [0.2, 0.25) is 0 Å². The van der Waals surface area contributed by atoms with Gasteiger partial charge in [-0.2, -0.15) is 0 Å². The predicted molar refractivity (Wildman–Crippen MR) is 85.0 cm³/mol. The Hall–Kier alpha value is -2.39. The van der Waals surface area contributed by atoms with Crippen molar-refractivity contribution in [3.05, 3.63) is 60.2 Å². The zero-order valence-corrected chi connectivity index (χ0v) is 11.9. The molecule has 0 radical (unpaired) electrons. The van der Waals surface area contributed by atoms with Crippen LogP contribution in [0.4, 0.5) is 0 Å². The van der Waals surface area contributed by atoms with Crippen molar-refractivity contribution in [1.29, 1.82) is 0 Å². The molecule has 3 rings (SSSR count). The summed E-state index contributed by atoms with van der Waals surface area (Å²) >= 11 is 0. The number of nitrogens with two attached hydrogens (primary N) is 1. The van der Waals surface area contributed by atoms with Gasteiger partial charge in [-0.25, -0.2) is 0 Å². The Morgan fingerprint density at radius 3 is 2.10 bits per heavy atom. The van der Waals surface area contributed by atoms with Crippen molar-refractivity contribution < 1.29 is 9.53 Å². The van der Waals surface area contributed by atoms with Gasteiger partial charge >= 0.3 is 5.97 Å². The maximum Gasteiger partial charge on any atom is 0.307 e. The van der Waals surface area contributed by atoms with E-state index >= 15 is 0 Å². The van der Waals surface area contributed by atoms with E-state index in [1.807, 2.05) is 36.4 Å². The second-order valence-electron chi connectivity index (χ2n) is 5.12. The molecule has 1 atom stereocenters. The van der Waals surface area contributed by atoms with Crippen molar-refractivity contribution in [2.45, 2.75) is 12.5 Å². The van der Waals surface area contributed by atoms with Crippen LogP contribution in [0.25, 0.3) is 21.5 Å². The molecule has 0 heterocycles. The summed E-state index contributed by atoms with van der Waals surface area (Å²) in [6.45, 7) is 0. The van der Waals surface area contributed by atoms with Gasteiger partial charge in [-0.05, 0) is 33.2 Å². The van der Waals surface area contributed by atoms with Crippen molar-refractivity contribution in [2.24, 2.45) is 5.73 Å². The molecule has 0 spiro atoms. The number of carbonyl (C=O) groups excluding carboxylic acids is 1. The second-order valence-corrected chi connectivity index (χ2v) is 5.12. The highest BCUT2D eigenvalue weighted by atomic mass is 16.5. The molecule has 0 aliphatic rings. The van der Waals surface area contributed by atoms with Crippen LogP contribution in [-0.4, -0.2) is 13.1 Å². The molecule has 0 aromatic heterocycles. The molecular weight excluding hydrogens is 262 g/mol. The molecular formula is C18H17NO2. The highest BCUT2D eigenvalue weighted by Crippen LogP contribution is 2.33. The van der Waals surface area contributed by atoms with Crippen LogP contribution in [-0.2, 0) is 9.53 Å². The number of ether oxygens (including phenoxy) is 1. The normalized spacial score (nSPS) is 12.5. The van der Waals surface area contributed by atoms with Crippen LogP contribution in [0.5, 0.6) is 0 Å². The Labute approximate surface area is 123 Å². The first kappa shape index (κ1) is 13.6. The average molecular weight is 279 g/mol. The van der Waals surface area contributed by atoms with Crippen molar-refractivity contribution in [1.82, 2.24) is 0 Å². The van der Waals surface area contributed by atoms with Gasteiger partial charge in [0.1, 0.15) is 0 Å². The van der Waals surface area contributed by atoms with Crippen LogP contribution >= 0.6 is 0 Å². The van der Waals surface area contributed by atoms with Crippen LogP contribution in [0.1, 0.15) is 18.0 Å². The van der Waals surface area contributed by atoms with Crippen LogP contribution in [0.15, 0.2) is 54.6 Å². The summed E-state index contributed by atoms with van der Waals surface area (Å²) in [7, 11) is 1.39. The molecule has 3 aromatic carbocycles. The Bertz CT molecular complexity index is 757. The van der Waals surface area contributed by atoms with E-state index in [2.05, 4.69) is 18.2 Å². The highest BCUT2D eigenvalue weighted by Gasteiger charge is 2.17. The van der Waals surface area contributed by atoms with Crippen molar-refractivity contribution >= 4 is 27.5 Å². The molecule has 106 valence electrons. The standard InChI is InChI=1S/C18H17NO2/c1-21-17(20)11-16(19)18-14-8-4-2-6-12(14)10-13-7-3-5-9-15(13)18/h2-10,16H,11,19H2,1H3/t16-/m1/s1. The lowest BCUT2D eigenvalue weighted by molar-refractivity contribution is -0.141. The van der Waals surface area contributed by atoms with Crippen LogP contribution in [0, 0.1) is 0 Å². The quantitative estimate of drug-likeness (QED) is 0.589. The van der Waals surface area contributed by atoms with E-state index in [-0.39, 0.29) is 18.4 Å². The molecule has 0 saturated heterocycles. The largest absolute Gasteiger partial charge is 0.469 e. The summed E-state index contributed by atoms with van der Waals surface area (Å²) in [5.41, 5.74) is 7.31. The van der Waals surface area contributed by atoms with Gasteiger partial charge in [0.25, 0.3) is 0 Å². The Kier molecular flexibility index (Phi) is 3.59. The third-order valence-corrected chi connectivity index (χ3v) is 3.80. The maximum atomic E-state index is 11.6. The number of benzene rings is 3. The summed E-state index contributed by atoms with van der Waals surface area (Å²) in [6, 6.07) is 18.0. The van der Waals surface area contributed by atoms with Crippen LogP contribution < -0.4 is 5.73 Å². The maximum absolute atomic E-state index is 11.6. The van der Waals surface area contributed by atoms with Gasteiger partial charge in [0, 0.05) is 6.04 Å². The van der Waals surface area contributed by atoms with Gasteiger partial charge in [0.15, 0.2) is 0 Å². The van der Waals surface area contributed by atoms with Crippen molar-refractivity contribution in [2.75, 3.05) is 7.11 Å². The first-order valence-corrected chi connectivity index (χ1v) is 6.93. The first-order valence-electron chi connectivity index (χ1n) is 6.93. The smallest absolute Gasteiger partial charge is 0.307 e. The van der Waals surface area contributed by atoms with E-state index in [1.54, 1.807) is 0 Å². The zero-order valence-electron chi connectivity index (χ0n) is 11.9. The molecule has 3 aromatic rings. The lowest BCUT2D eigenvalue weighted by Gasteiger charge is -2.17. The highest BCUT2D eigenvalue weighted by molar-refractivity contribution is 6.02. The van der Waals surface area contributed by atoms with Gasteiger partial charge in [-0.1, -0.05) is 48.5 Å². The minimum Gasteiger partial charge on any atom is -0.469 e. The fraction of sp³-hybridized carbons (Fsp3) is 0.167. The van der Waals surface area contributed by atoms with Crippen molar-refractivity contribution in [3.63, 3.8) is 0 Å². The van der Waals surface area contributed by atoms with Crippen molar-refractivity contribution in [3.8, 4) is 0 Å². The van der Waals surface area contributed by atoms with Gasteiger partial charge in [-0.15, -0.1) is 0 Å². The SMILES string of the molecule is COC(=O)C[C@@H](N)c1c2ccccc2cc2ccccc12. The Morgan fingerprint density at radius 1 is 1.05 bits per heavy atom. The number of esters is 1. The number of hydrogen-bond acceptors (Lipinski definition) is 3. The molecule has 0 amide bonds. The van der Waals surface area contributed by atoms with E-state index in [0.29, 0.717) is 0 Å². The molecule has 2 N–H and O–H groups in total. The van der Waals surface area contributed by atoms with Crippen LogP contribution in [0.3, 0.4) is 0 Å². The molecule has 0 fully saturated rings. The molecule has 0 unspecified atom stereocenters. The summed E-state index contributed by atoms with van der Waals surface area (Å²) in [5, 5.41) is 4.44. The molecule has 3 nitrogen and oxygen atoms in total. The summed E-state index contributed by atoms with van der Waals surface area (Å²) < 4.78 is 4.75. The Morgan fingerprint density at radius 2 is 1.57 bits per heavy atom. The second kappa shape index (κ2) is 5.54. The molecule has 0 aliphatic heterocycles. The number of hydrogen-bond donors (Lipinski definition) is 1. The molecule has 0 bridgehead atoms. The molecule has 3 heteroatoms. The van der Waals surface area contributed by atoms with E-state index in [4.69, 9.17) is 10.5 Å². The molecule has 21 heavy (non-hydrogen) atoms. The van der Waals surface area contributed by atoms with E-state index < -0.39 is 0 Å². The lowest BCUT2D eigenvalue weighted by atomic mass is 9.91. The van der Waals surface area contributed by atoms with Gasteiger partial charge in [0.05, 0.1) is 13.5 Å². The number of carbonyl (C=O) groups is 1. The third-order valence-electron chi connectivity index (χ3n) is 3.80. The number of fused-ring (bicyclic) bond motifs is 2. The minimum absolute atomic E-state index is 0.175. The molecule has 0 saturated carbocycles. The summed E-state index contributed by atoms with van der Waals surface area (Å²) in [4.78, 5) is 11.6. The van der Waals surface area contributed by atoms with Crippen LogP contribution in [0.2, 0.25) is 0 Å². The van der Waals surface area contributed by atoms with Gasteiger partial charge in [-0.3, -0.25) is 4.79 Å². The summed E-state index contributed by atoms with van der Waals surface area (Å²) in [6.07, 6.45) is 0.175. The van der Waals surface area contributed by atoms with E-state index in [1.165, 1.54) is 7.11 Å². The fourth-order valence-electron chi connectivity index (χ4n) is 2.81. The minimum atomic E-state index is -0.381. The first-order chi connectivity index (χ1) is 10.2. The van der Waals surface area contributed by atoms with E-state index in [9.17, 15) is 4.79 Å². The number of rotatable bonds is 3. The third kappa shape index (κ3) is 2.48. The summed E-state index contributed by atoms with van der Waals surface area (Å²) in [5.74, 6) is -0.292. The lowest BCUT2D eigenvalue weighted by Crippen LogP contribution is -2.17. The average Bonchev–Trinajstić information content (AvgIpc) is 2.52. The Balaban J connectivity index is 2.27. The monoisotopic (exact) mass is 279 g/mol.